The minimum Gasteiger partial charge on any atom is -0.495 e. The molecule has 0 heterocycles. The van der Waals surface area contributed by atoms with Gasteiger partial charge in [0, 0.05) is 0 Å². The van der Waals surface area contributed by atoms with Crippen LogP contribution in [0.2, 0.25) is 0 Å². The van der Waals surface area contributed by atoms with Crippen molar-refractivity contribution in [3.8, 4) is 5.75 Å². The first-order chi connectivity index (χ1) is 8.93. The Bertz CT molecular complexity index is 472. The summed E-state index contributed by atoms with van der Waals surface area (Å²) in [5.41, 5.74) is 1.50. The fourth-order valence-corrected chi connectivity index (χ4v) is 1.38. The van der Waals surface area contributed by atoms with Crippen molar-refractivity contribution < 1.29 is 24.2 Å². The van der Waals surface area contributed by atoms with Crippen molar-refractivity contribution in [2.45, 2.75) is 20.0 Å². The molecular formula is C13H17NO5. The number of hydrogen-bond acceptors (Lipinski definition) is 4. The van der Waals surface area contributed by atoms with E-state index in [9.17, 15) is 9.59 Å². The Balaban J connectivity index is 2.62. The number of anilines is 1. The zero-order valence-corrected chi connectivity index (χ0v) is 11.1. The van der Waals surface area contributed by atoms with Crippen molar-refractivity contribution in [1.82, 2.24) is 0 Å². The van der Waals surface area contributed by atoms with E-state index < -0.39 is 18.0 Å². The van der Waals surface area contributed by atoms with E-state index in [1.54, 1.807) is 12.1 Å². The molecule has 0 fully saturated rings. The molecule has 1 aromatic carbocycles. The number of aryl methyl sites for hydroxylation is 1. The SMILES string of the molecule is COc1ccc(C)cc1NC(=O)CO[C@@H](C)C(=O)O. The molecule has 0 spiro atoms. The smallest absolute Gasteiger partial charge is 0.332 e. The lowest BCUT2D eigenvalue weighted by Crippen LogP contribution is -2.26. The third kappa shape index (κ3) is 4.59. The third-order valence-electron chi connectivity index (χ3n) is 2.44. The Kier molecular flexibility index (Phi) is 5.32. The number of hydrogen-bond donors (Lipinski definition) is 2. The average Bonchev–Trinajstić information content (AvgIpc) is 2.36. The predicted molar refractivity (Wildman–Crippen MR) is 69.4 cm³/mol. The molecule has 0 aromatic heterocycles. The van der Waals surface area contributed by atoms with Crippen LogP contribution in [0, 0.1) is 6.92 Å². The molecule has 0 saturated carbocycles. The van der Waals surface area contributed by atoms with Crippen LogP contribution in [0.15, 0.2) is 18.2 Å². The Morgan fingerprint density at radius 1 is 1.42 bits per heavy atom. The fourth-order valence-electron chi connectivity index (χ4n) is 1.38. The van der Waals surface area contributed by atoms with E-state index in [1.165, 1.54) is 14.0 Å². The zero-order valence-electron chi connectivity index (χ0n) is 11.1. The van der Waals surface area contributed by atoms with Gasteiger partial charge in [-0.3, -0.25) is 4.79 Å². The Morgan fingerprint density at radius 3 is 2.68 bits per heavy atom. The number of carbonyl (C=O) groups is 2. The quantitative estimate of drug-likeness (QED) is 0.814. The first kappa shape index (κ1) is 15.0. The van der Waals surface area contributed by atoms with E-state index in [0.29, 0.717) is 11.4 Å². The summed E-state index contributed by atoms with van der Waals surface area (Å²) in [5, 5.41) is 11.2. The minimum atomic E-state index is -1.11. The van der Waals surface area contributed by atoms with E-state index in [2.05, 4.69) is 5.32 Å². The summed E-state index contributed by atoms with van der Waals surface area (Å²) in [5.74, 6) is -1.01. The Hall–Kier alpha value is -2.08. The second-order valence-corrected chi connectivity index (χ2v) is 4.04. The number of methoxy groups -OCH3 is 1. The highest BCUT2D eigenvalue weighted by Crippen LogP contribution is 2.24. The summed E-state index contributed by atoms with van der Waals surface area (Å²) in [4.78, 5) is 22.2. The summed E-state index contributed by atoms with van der Waals surface area (Å²) in [6, 6.07) is 5.36. The fraction of sp³-hybridized carbons (Fsp3) is 0.385. The normalized spacial score (nSPS) is 11.7. The molecule has 6 nitrogen and oxygen atoms in total. The molecule has 6 heteroatoms. The molecule has 1 aromatic rings. The van der Waals surface area contributed by atoms with Gasteiger partial charge in [-0.15, -0.1) is 0 Å². The van der Waals surface area contributed by atoms with Crippen molar-refractivity contribution in [2.24, 2.45) is 0 Å². The average molecular weight is 267 g/mol. The van der Waals surface area contributed by atoms with E-state index in [-0.39, 0.29) is 6.61 Å². The largest absolute Gasteiger partial charge is 0.495 e. The van der Waals surface area contributed by atoms with Crippen LogP contribution in [0.4, 0.5) is 5.69 Å². The lowest BCUT2D eigenvalue weighted by Gasteiger charge is -2.12. The molecule has 0 saturated heterocycles. The molecule has 19 heavy (non-hydrogen) atoms. The van der Waals surface area contributed by atoms with Gasteiger partial charge in [-0.1, -0.05) is 6.07 Å². The van der Waals surface area contributed by atoms with Crippen LogP contribution in [-0.2, 0) is 14.3 Å². The van der Waals surface area contributed by atoms with E-state index in [4.69, 9.17) is 14.6 Å². The molecule has 0 aliphatic rings. The summed E-state index contributed by atoms with van der Waals surface area (Å²) in [6.45, 7) is 2.92. The summed E-state index contributed by atoms with van der Waals surface area (Å²) < 4.78 is 10.0. The topological polar surface area (TPSA) is 84.9 Å². The maximum Gasteiger partial charge on any atom is 0.332 e. The van der Waals surface area contributed by atoms with Crippen LogP contribution in [0.3, 0.4) is 0 Å². The van der Waals surface area contributed by atoms with Crippen LogP contribution >= 0.6 is 0 Å². The van der Waals surface area contributed by atoms with Crippen molar-refractivity contribution in [1.29, 1.82) is 0 Å². The number of carbonyl (C=O) groups excluding carboxylic acids is 1. The molecular weight excluding hydrogens is 250 g/mol. The molecule has 1 rings (SSSR count). The third-order valence-corrected chi connectivity index (χ3v) is 2.44. The molecule has 0 unspecified atom stereocenters. The molecule has 104 valence electrons. The number of nitrogens with one attached hydrogen (secondary N) is 1. The van der Waals surface area contributed by atoms with Gasteiger partial charge in [-0.05, 0) is 31.5 Å². The first-order valence-corrected chi connectivity index (χ1v) is 5.73. The van der Waals surface area contributed by atoms with Crippen molar-refractivity contribution in [2.75, 3.05) is 19.0 Å². The summed E-state index contributed by atoms with van der Waals surface area (Å²) >= 11 is 0. The second kappa shape index (κ2) is 6.75. The highest BCUT2D eigenvalue weighted by molar-refractivity contribution is 5.93. The van der Waals surface area contributed by atoms with Gasteiger partial charge in [-0.25, -0.2) is 4.79 Å². The van der Waals surface area contributed by atoms with Crippen LogP contribution in [-0.4, -0.2) is 36.8 Å². The summed E-state index contributed by atoms with van der Waals surface area (Å²) in [7, 11) is 1.50. The highest BCUT2D eigenvalue weighted by atomic mass is 16.5. The second-order valence-electron chi connectivity index (χ2n) is 4.04. The molecule has 1 amide bonds. The molecule has 0 bridgehead atoms. The molecule has 0 aliphatic heterocycles. The number of carboxylic acids is 1. The van der Waals surface area contributed by atoms with Crippen LogP contribution in [0.1, 0.15) is 12.5 Å². The number of carboxylic acid groups (broad SMARTS) is 1. The standard InChI is InChI=1S/C13H17NO5/c1-8-4-5-11(18-3)10(6-8)14-12(15)7-19-9(2)13(16)17/h4-6,9H,7H2,1-3H3,(H,14,15)(H,16,17)/t9-/m0/s1. The number of rotatable bonds is 6. The Labute approximate surface area is 111 Å². The molecule has 1 atom stereocenters. The zero-order chi connectivity index (χ0) is 14.4. The molecule has 2 N–H and O–H groups in total. The van der Waals surface area contributed by atoms with Gasteiger partial charge in [0.15, 0.2) is 6.10 Å². The van der Waals surface area contributed by atoms with Crippen molar-refractivity contribution in [3.05, 3.63) is 23.8 Å². The predicted octanol–water partition coefficient (Wildman–Crippen LogP) is 1.43. The molecule has 0 aliphatic carbocycles. The van der Waals surface area contributed by atoms with Crippen LogP contribution in [0.5, 0.6) is 5.75 Å². The number of aliphatic carboxylic acids is 1. The van der Waals surface area contributed by atoms with Gasteiger partial charge >= 0.3 is 5.97 Å². The van der Waals surface area contributed by atoms with Crippen LogP contribution < -0.4 is 10.1 Å². The van der Waals surface area contributed by atoms with E-state index >= 15 is 0 Å². The number of benzene rings is 1. The first-order valence-electron chi connectivity index (χ1n) is 5.73. The van der Waals surface area contributed by atoms with E-state index in [0.717, 1.165) is 5.56 Å². The highest BCUT2D eigenvalue weighted by Gasteiger charge is 2.14. The van der Waals surface area contributed by atoms with Gasteiger partial charge in [0.05, 0.1) is 12.8 Å². The van der Waals surface area contributed by atoms with Gasteiger partial charge in [-0.2, -0.15) is 0 Å². The maximum atomic E-state index is 11.6. The minimum absolute atomic E-state index is 0.329. The Morgan fingerprint density at radius 2 is 2.11 bits per heavy atom. The van der Waals surface area contributed by atoms with Gasteiger partial charge in [0.1, 0.15) is 12.4 Å². The maximum absolute atomic E-state index is 11.6. The van der Waals surface area contributed by atoms with Crippen molar-refractivity contribution in [3.63, 3.8) is 0 Å². The van der Waals surface area contributed by atoms with Gasteiger partial charge < -0.3 is 19.9 Å². The lowest BCUT2D eigenvalue weighted by atomic mass is 10.2. The monoisotopic (exact) mass is 267 g/mol. The van der Waals surface area contributed by atoms with Gasteiger partial charge in [0.25, 0.3) is 5.91 Å². The van der Waals surface area contributed by atoms with Gasteiger partial charge in [0.2, 0.25) is 0 Å². The molecule has 0 radical (unpaired) electrons. The lowest BCUT2D eigenvalue weighted by molar-refractivity contribution is -0.150. The van der Waals surface area contributed by atoms with E-state index in [1.807, 2.05) is 13.0 Å². The number of ether oxygens (including phenoxy) is 2. The van der Waals surface area contributed by atoms with Crippen LogP contribution in [0.25, 0.3) is 0 Å². The van der Waals surface area contributed by atoms with Crippen molar-refractivity contribution >= 4 is 17.6 Å². The summed E-state index contributed by atoms with van der Waals surface area (Å²) in [6.07, 6.45) is -1.02. The number of amides is 1.